The topological polar surface area (TPSA) is 60.8 Å². The van der Waals surface area contributed by atoms with Gasteiger partial charge in [-0.2, -0.15) is 0 Å². The number of fused-ring (bicyclic) bond motifs is 2. The molecule has 1 fully saturated rings. The lowest BCUT2D eigenvalue weighted by molar-refractivity contribution is -0.0797. The molecule has 1 saturated heterocycles. The number of pyridine rings is 1. The number of carbonyl (C=O) groups excluding carboxylic acids is 1. The highest BCUT2D eigenvalue weighted by atomic mass is 16.6. The van der Waals surface area contributed by atoms with Crippen LogP contribution in [0.2, 0.25) is 0 Å². The quantitative estimate of drug-likeness (QED) is 0.735. The van der Waals surface area contributed by atoms with Gasteiger partial charge in [0.15, 0.2) is 0 Å². The Balaban J connectivity index is 1.75. The Morgan fingerprint density at radius 1 is 1.30 bits per heavy atom. The summed E-state index contributed by atoms with van der Waals surface area (Å²) < 4.78 is 13.1. The van der Waals surface area contributed by atoms with E-state index in [0.717, 1.165) is 11.1 Å². The second kappa shape index (κ2) is 5.37. The summed E-state index contributed by atoms with van der Waals surface area (Å²) in [5.41, 5.74) is 1.11. The predicted octanol–water partition coefficient (Wildman–Crippen LogP) is 2.14. The van der Waals surface area contributed by atoms with E-state index in [4.69, 9.17) is 9.47 Å². The fourth-order valence-corrected chi connectivity index (χ4v) is 3.31. The Hall–Kier alpha value is -1.82. The Bertz CT molecular complexity index is 679. The third-order valence-electron chi connectivity index (χ3n) is 4.53. The van der Waals surface area contributed by atoms with Gasteiger partial charge >= 0.3 is 6.09 Å². The van der Waals surface area contributed by atoms with Crippen LogP contribution in [0.3, 0.4) is 0 Å². The van der Waals surface area contributed by atoms with Gasteiger partial charge in [0, 0.05) is 38.0 Å². The molecule has 1 amide bonds. The van der Waals surface area contributed by atoms with E-state index in [2.05, 4.69) is 0 Å². The summed E-state index contributed by atoms with van der Waals surface area (Å²) in [6.45, 7) is 7.26. The van der Waals surface area contributed by atoms with Gasteiger partial charge in [-0.05, 0) is 39.2 Å². The SMILES string of the molecule is Cn1cc2c(cc1=O)C1(CCN(C(=O)OC(C)(C)C)CC1)OC2. The molecule has 126 valence electrons. The molecule has 6 heteroatoms. The van der Waals surface area contributed by atoms with Crippen LogP contribution in [0.25, 0.3) is 0 Å². The number of carbonyl (C=O) groups is 1. The molecular weight excluding hydrogens is 296 g/mol. The average molecular weight is 320 g/mol. The number of nitrogens with zero attached hydrogens (tertiary/aromatic N) is 2. The van der Waals surface area contributed by atoms with E-state index in [-0.39, 0.29) is 11.7 Å². The van der Waals surface area contributed by atoms with Gasteiger partial charge in [0.2, 0.25) is 0 Å². The number of aryl methyl sites for hydroxylation is 1. The van der Waals surface area contributed by atoms with E-state index in [1.165, 1.54) is 0 Å². The molecule has 0 radical (unpaired) electrons. The van der Waals surface area contributed by atoms with Gasteiger partial charge in [0.1, 0.15) is 5.60 Å². The smallest absolute Gasteiger partial charge is 0.410 e. The summed E-state index contributed by atoms with van der Waals surface area (Å²) in [5, 5.41) is 0. The number of aromatic nitrogens is 1. The Kier molecular flexibility index (Phi) is 3.75. The van der Waals surface area contributed by atoms with Gasteiger partial charge in [-0.3, -0.25) is 4.79 Å². The average Bonchev–Trinajstić information content (AvgIpc) is 2.77. The van der Waals surface area contributed by atoms with E-state index in [0.29, 0.717) is 32.5 Å². The Morgan fingerprint density at radius 2 is 1.96 bits per heavy atom. The van der Waals surface area contributed by atoms with E-state index in [1.807, 2.05) is 27.0 Å². The summed E-state index contributed by atoms with van der Waals surface area (Å²) in [6, 6.07) is 1.69. The maximum absolute atomic E-state index is 12.2. The molecule has 0 bridgehead atoms. The van der Waals surface area contributed by atoms with Crippen LogP contribution >= 0.6 is 0 Å². The monoisotopic (exact) mass is 320 g/mol. The standard InChI is InChI=1S/C17H24N2O4/c1-16(2,3)23-15(21)19-7-5-17(6-8-19)13-9-14(20)18(4)10-12(13)11-22-17/h9-10H,5-8,11H2,1-4H3. The fourth-order valence-electron chi connectivity index (χ4n) is 3.31. The number of likely N-dealkylation sites (tertiary alicyclic amines) is 1. The third-order valence-corrected chi connectivity index (χ3v) is 4.53. The lowest BCUT2D eigenvalue weighted by Gasteiger charge is -2.39. The summed E-state index contributed by atoms with van der Waals surface area (Å²) in [6.07, 6.45) is 2.94. The first-order valence-electron chi connectivity index (χ1n) is 8.02. The van der Waals surface area contributed by atoms with Crippen LogP contribution in [-0.2, 0) is 28.7 Å². The molecule has 2 aliphatic heterocycles. The van der Waals surface area contributed by atoms with Crippen LogP contribution < -0.4 is 5.56 Å². The minimum Gasteiger partial charge on any atom is -0.444 e. The Morgan fingerprint density at radius 3 is 2.57 bits per heavy atom. The molecule has 0 atom stereocenters. The van der Waals surface area contributed by atoms with Gasteiger partial charge in [0.25, 0.3) is 5.56 Å². The summed E-state index contributed by atoms with van der Waals surface area (Å²) in [4.78, 5) is 25.8. The second-order valence-electron chi connectivity index (χ2n) is 7.41. The van der Waals surface area contributed by atoms with Gasteiger partial charge in [0.05, 0.1) is 12.2 Å². The first-order valence-corrected chi connectivity index (χ1v) is 8.02. The highest BCUT2D eigenvalue weighted by molar-refractivity contribution is 5.68. The normalized spacial score (nSPS) is 19.7. The van der Waals surface area contributed by atoms with E-state index in [1.54, 1.807) is 22.6 Å². The number of ether oxygens (including phenoxy) is 2. The van der Waals surface area contributed by atoms with Crippen molar-refractivity contribution in [1.82, 2.24) is 9.47 Å². The lowest BCUT2D eigenvalue weighted by Crippen LogP contribution is -2.47. The number of amides is 1. The van der Waals surface area contributed by atoms with Crippen molar-refractivity contribution in [3.05, 3.63) is 33.7 Å². The third kappa shape index (κ3) is 3.00. The van der Waals surface area contributed by atoms with Crippen LogP contribution in [0.5, 0.6) is 0 Å². The summed E-state index contributed by atoms with van der Waals surface area (Å²) in [7, 11) is 1.75. The van der Waals surface area contributed by atoms with Gasteiger partial charge < -0.3 is 18.9 Å². The van der Waals surface area contributed by atoms with Crippen LogP contribution in [-0.4, -0.2) is 34.3 Å². The van der Waals surface area contributed by atoms with E-state index < -0.39 is 11.2 Å². The van der Waals surface area contributed by atoms with Crippen molar-refractivity contribution in [1.29, 1.82) is 0 Å². The second-order valence-corrected chi connectivity index (χ2v) is 7.41. The highest BCUT2D eigenvalue weighted by Crippen LogP contribution is 2.43. The minimum absolute atomic E-state index is 0.0248. The molecule has 3 heterocycles. The van der Waals surface area contributed by atoms with Crippen LogP contribution in [0, 0.1) is 0 Å². The summed E-state index contributed by atoms with van der Waals surface area (Å²) >= 11 is 0. The molecular formula is C17H24N2O4. The van der Waals surface area contributed by atoms with E-state index in [9.17, 15) is 9.59 Å². The van der Waals surface area contributed by atoms with E-state index >= 15 is 0 Å². The van der Waals surface area contributed by atoms with Crippen LogP contribution in [0.1, 0.15) is 44.7 Å². The van der Waals surface area contributed by atoms with Crippen molar-refractivity contribution in [3.63, 3.8) is 0 Å². The molecule has 0 aliphatic carbocycles. The number of piperidine rings is 1. The molecule has 0 aromatic carbocycles. The van der Waals surface area contributed by atoms with Gasteiger partial charge in [-0.15, -0.1) is 0 Å². The first kappa shape index (κ1) is 16.1. The van der Waals surface area contributed by atoms with Crippen molar-refractivity contribution >= 4 is 6.09 Å². The van der Waals surface area contributed by atoms with Gasteiger partial charge in [-0.1, -0.05) is 0 Å². The molecule has 2 aliphatic rings. The maximum Gasteiger partial charge on any atom is 0.410 e. The summed E-state index contributed by atoms with van der Waals surface area (Å²) in [5.74, 6) is 0. The largest absolute Gasteiger partial charge is 0.444 e. The van der Waals surface area contributed by atoms with Crippen LogP contribution in [0.4, 0.5) is 4.79 Å². The van der Waals surface area contributed by atoms with Crippen molar-refractivity contribution in [2.24, 2.45) is 7.05 Å². The molecule has 6 nitrogen and oxygen atoms in total. The van der Waals surface area contributed by atoms with Crippen LogP contribution in [0.15, 0.2) is 17.1 Å². The predicted molar refractivity (Wildman–Crippen MR) is 85.2 cm³/mol. The zero-order chi connectivity index (χ0) is 16.8. The molecule has 3 rings (SSSR count). The molecule has 0 unspecified atom stereocenters. The lowest BCUT2D eigenvalue weighted by atomic mass is 9.84. The van der Waals surface area contributed by atoms with Crippen molar-refractivity contribution < 1.29 is 14.3 Å². The van der Waals surface area contributed by atoms with Crippen molar-refractivity contribution in [2.75, 3.05) is 13.1 Å². The molecule has 0 N–H and O–H groups in total. The molecule has 1 spiro atoms. The molecule has 1 aromatic rings. The van der Waals surface area contributed by atoms with Crippen molar-refractivity contribution in [2.45, 2.75) is 51.4 Å². The fraction of sp³-hybridized carbons (Fsp3) is 0.647. The first-order chi connectivity index (χ1) is 10.7. The maximum atomic E-state index is 12.2. The van der Waals surface area contributed by atoms with Gasteiger partial charge in [-0.25, -0.2) is 4.79 Å². The minimum atomic E-state index is -0.491. The zero-order valence-corrected chi connectivity index (χ0v) is 14.2. The molecule has 0 saturated carbocycles. The number of hydrogen-bond donors (Lipinski definition) is 0. The zero-order valence-electron chi connectivity index (χ0n) is 14.2. The number of hydrogen-bond acceptors (Lipinski definition) is 4. The molecule has 23 heavy (non-hydrogen) atoms. The number of rotatable bonds is 0. The molecule has 1 aromatic heterocycles. The highest BCUT2D eigenvalue weighted by Gasteiger charge is 2.44. The van der Waals surface area contributed by atoms with Crippen molar-refractivity contribution in [3.8, 4) is 0 Å². The Labute approximate surface area is 136 Å².